The third kappa shape index (κ3) is 2.79. The highest BCUT2D eigenvalue weighted by Gasteiger charge is 2.21. The fraction of sp³-hybridized carbons (Fsp3) is 0.312. The molecule has 0 bridgehead atoms. The normalized spacial score (nSPS) is 17.5. The van der Waals surface area contributed by atoms with Gasteiger partial charge in [-0.15, -0.1) is 0 Å². The number of nitrogens with one attached hydrogen (secondary N) is 1. The molecule has 1 aliphatic heterocycles. The summed E-state index contributed by atoms with van der Waals surface area (Å²) >= 11 is 0. The molecule has 0 saturated carbocycles. The molecule has 2 aromatic rings. The van der Waals surface area contributed by atoms with Crippen molar-refractivity contribution in [1.82, 2.24) is 9.97 Å². The van der Waals surface area contributed by atoms with E-state index in [1.807, 2.05) is 6.07 Å². The first-order valence-electron chi connectivity index (χ1n) is 7.07. The summed E-state index contributed by atoms with van der Waals surface area (Å²) in [5.74, 6) is 0.893. The summed E-state index contributed by atoms with van der Waals surface area (Å²) < 4.78 is 0. The molecule has 0 fully saturated rings. The zero-order chi connectivity index (χ0) is 14.7. The van der Waals surface area contributed by atoms with E-state index in [-0.39, 0.29) is 11.9 Å². The number of hydrogen-bond donors (Lipinski definition) is 1. The van der Waals surface area contributed by atoms with Crippen molar-refractivity contribution in [1.29, 1.82) is 5.26 Å². The molecule has 0 radical (unpaired) electrons. The van der Waals surface area contributed by atoms with E-state index in [0.29, 0.717) is 5.82 Å². The van der Waals surface area contributed by atoms with Crippen LogP contribution in [0.5, 0.6) is 0 Å². The molecule has 0 saturated heterocycles. The minimum atomic E-state index is 0.194. The monoisotopic (exact) mass is 279 g/mol. The van der Waals surface area contributed by atoms with Crippen molar-refractivity contribution in [2.75, 3.05) is 23.8 Å². The van der Waals surface area contributed by atoms with Gasteiger partial charge in [0.1, 0.15) is 11.9 Å². The predicted octanol–water partition coefficient (Wildman–Crippen LogP) is 2.73. The molecule has 1 aromatic carbocycles. The molecular weight excluding hydrogens is 262 g/mol. The number of nitriles is 1. The summed E-state index contributed by atoms with van der Waals surface area (Å²) in [5, 5.41) is 12.3. The molecule has 3 rings (SSSR count). The predicted molar refractivity (Wildman–Crippen MR) is 82.1 cm³/mol. The number of nitrogens with zero attached hydrogens (tertiary/aromatic N) is 4. The number of anilines is 2. The molecule has 2 heterocycles. The Bertz CT molecular complexity index is 676. The fourth-order valence-electron chi connectivity index (χ4n) is 2.76. The topological polar surface area (TPSA) is 64.8 Å². The van der Waals surface area contributed by atoms with Crippen molar-refractivity contribution in [3.63, 3.8) is 0 Å². The van der Waals surface area contributed by atoms with Gasteiger partial charge in [-0.05, 0) is 30.5 Å². The van der Waals surface area contributed by atoms with Gasteiger partial charge in [0.25, 0.3) is 0 Å². The number of para-hydroxylation sites is 1. The Labute approximate surface area is 124 Å². The quantitative estimate of drug-likeness (QED) is 0.915. The van der Waals surface area contributed by atoms with Crippen molar-refractivity contribution in [3.8, 4) is 6.07 Å². The molecule has 1 aromatic heterocycles. The van der Waals surface area contributed by atoms with Gasteiger partial charge in [0, 0.05) is 25.5 Å². The van der Waals surface area contributed by atoms with Crippen LogP contribution in [0.25, 0.3) is 0 Å². The summed E-state index contributed by atoms with van der Waals surface area (Å²) in [6, 6.07) is 12.4. The number of hydrogen-bond acceptors (Lipinski definition) is 5. The average Bonchev–Trinajstić information content (AvgIpc) is 2.68. The highest BCUT2D eigenvalue weighted by molar-refractivity contribution is 5.57. The average molecular weight is 279 g/mol. The molecule has 0 amide bonds. The minimum Gasteiger partial charge on any atom is -0.374 e. The lowest BCUT2D eigenvalue weighted by Gasteiger charge is -2.22. The SMILES string of the molecule is CN1CCCC(Nc2ccnc(C#N)n2)c2ccccc21. The van der Waals surface area contributed by atoms with Crippen LogP contribution in [0.3, 0.4) is 0 Å². The Morgan fingerprint density at radius 3 is 3.05 bits per heavy atom. The van der Waals surface area contributed by atoms with Gasteiger partial charge in [-0.2, -0.15) is 5.26 Å². The van der Waals surface area contributed by atoms with E-state index in [2.05, 4.69) is 51.5 Å². The molecule has 1 atom stereocenters. The van der Waals surface area contributed by atoms with Gasteiger partial charge in [-0.3, -0.25) is 0 Å². The highest BCUT2D eigenvalue weighted by Crippen LogP contribution is 2.33. The number of fused-ring (bicyclic) bond motifs is 1. The van der Waals surface area contributed by atoms with Crippen LogP contribution >= 0.6 is 0 Å². The van der Waals surface area contributed by atoms with E-state index in [1.165, 1.54) is 11.3 Å². The molecule has 1 aliphatic rings. The van der Waals surface area contributed by atoms with Crippen LogP contribution in [0.1, 0.15) is 30.3 Å². The van der Waals surface area contributed by atoms with E-state index >= 15 is 0 Å². The first-order chi connectivity index (χ1) is 10.3. The van der Waals surface area contributed by atoms with Gasteiger partial charge in [0.05, 0.1) is 6.04 Å². The lowest BCUT2D eigenvalue weighted by atomic mass is 10.0. The van der Waals surface area contributed by atoms with E-state index in [1.54, 1.807) is 12.3 Å². The smallest absolute Gasteiger partial charge is 0.234 e. The molecular formula is C16H17N5. The second-order valence-corrected chi connectivity index (χ2v) is 5.20. The van der Waals surface area contributed by atoms with Gasteiger partial charge in [-0.25, -0.2) is 9.97 Å². The molecule has 5 heteroatoms. The maximum atomic E-state index is 8.90. The maximum absolute atomic E-state index is 8.90. The van der Waals surface area contributed by atoms with Gasteiger partial charge in [0.2, 0.25) is 5.82 Å². The summed E-state index contributed by atoms with van der Waals surface area (Å²) in [6.07, 6.45) is 3.76. The second kappa shape index (κ2) is 5.80. The summed E-state index contributed by atoms with van der Waals surface area (Å²) in [4.78, 5) is 10.4. The molecule has 5 nitrogen and oxygen atoms in total. The molecule has 0 spiro atoms. The fourth-order valence-corrected chi connectivity index (χ4v) is 2.76. The van der Waals surface area contributed by atoms with Crippen LogP contribution in [0.4, 0.5) is 11.5 Å². The Balaban J connectivity index is 1.91. The van der Waals surface area contributed by atoms with Crippen molar-refractivity contribution in [2.45, 2.75) is 18.9 Å². The van der Waals surface area contributed by atoms with Crippen LogP contribution < -0.4 is 10.2 Å². The van der Waals surface area contributed by atoms with Gasteiger partial charge >= 0.3 is 0 Å². The van der Waals surface area contributed by atoms with Crippen molar-refractivity contribution in [3.05, 3.63) is 47.9 Å². The minimum absolute atomic E-state index is 0.194. The zero-order valence-electron chi connectivity index (χ0n) is 12.0. The van der Waals surface area contributed by atoms with Crippen LogP contribution in [0.15, 0.2) is 36.5 Å². The molecule has 106 valence electrons. The summed E-state index contributed by atoms with van der Waals surface area (Å²) in [5.41, 5.74) is 2.52. The van der Waals surface area contributed by atoms with E-state index in [4.69, 9.17) is 5.26 Å². The highest BCUT2D eigenvalue weighted by atomic mass is 15.1. The van der Waals surface area contributed by atoms with E-state index < -0.39 is 0 Å². The zero-order valence-corrected chi connectivity index (χ0v) is 12.0. The first-order valence-corrected chi connectivity index (χ1v) is 7.07. The van der Waals surface area contributed by atoms with Gasteiger partial charge in [0.15, 0.2) is 0 Å². The summed E-state index contributed by atoms with van der Waals surface area (Å²) in [6.45, 7) is 1.04. The van der Waals surface area contributed by atoms with Crippen molar-refractivity contribution in [2.24, 2.45) is 0 Å². The number of aromatic nitrogens is 2. The van der Waals surface area contributed by atoms with Crippen LogP contribution in [0.2, 0.25) is 0 Å². The Hall–Kier alpha value is -2.61. The van der Waals surface area contributed by atoms with Crippen molar-refractivity contribution < 1.29 is 0 Å². The largest absolute Gasteiger partial charge is 0.374 e. The lowest BCUT2D eigenvalue weighted by molar-refractivity contribution is 0.664. The van der Waals surface area contributed by atoms with Gasteiger partial charge < -0.3 is 10.2 Å². The summed E-state index contributed by atoms with van der Waals surface area (Å²) in [7, 11) is 2.12. The third-order valence-electron chi connectivity index (χ3n) is 3.79. The second-order valence-electron chi connectivity index (χ2n) is 5.20. The Kier molecular flexibility index (Phi) is 3.69. The van der Waals surface area contributed by atoms with Crippen LogP contribution in [-0.4, -0.2) is 23.6 Å². The molecule has 1 N–H and O–H groups in total. The van der Waals surface area contributed by atoms with Crippen LogP contribution in [-0.2, 0) is 0 Å². The van der Waals surface area contributed by atoms with Crippen molar-refractivity contribution >= 4 is 11.5 Å². The Morgan fingerprint density at radius 2 is 2.19 bits per heavy atom. The van der Waals surface area contributed by atoms with Crippen LogP contribution in [0, 0.1) is 11.3 Å². The molecule has 1 unspecified atom stereocenters. The molecule has 0 aliphatic carbocycles. The van der Waals surface area contributed by atoms with Gasteiger partial charge in [-0.1, -0.05) is 18.2 Å². The Morgan fingerprint density at radius 1 is 1.33 bits per heavy atom. The lowest BCUT2D eigenvalue weighted by Crippen LogP contribution is -2.17. The maximum Gasteiger partial charge on any atom is 0.234 e. The standard InChI is InChI=1S/C16H17N5/c1-21-10-4-6-13(12-5-2-3-7-14(12)21)19-15-8-9-18-16(11-17)20-15/h2-3,5,7-9,13H,4,6,10H2,1H3,(H,18,19,20). The first kappa shape index (κ1) is 13.4. The number of rotatable bonds is 2. The molecule has 21 heavy (non-hydrogen) atoms. The third-order valence-corrected chi connectivity index (χ3v) is 3.79. The van der Waals surface area contributed by atoms with E-state index in [9.17, 15) is 0 Å². The number of benzene rings is 1. The van der Waals surface area contributed by atoms with E-state index in [0.717, 1.165) is 19.4 Å².